The summed E-state index contributed by atoms with van der Waals surface area (Å²) in [6.45, 7) is 1.76. The summed E-state index contributed by atoms with van der Waals surface area (Å²) in [4.78, 5) is 11.0. The van der Waals surface area contributed by atoms with Crippen molar-refractivity contribution in [1.29, 1.82) is 0 Å². The molecule has 0 saturated carbocycles. The van der Waals surface area contributed by atoms with Crippen molar-refractivity contribution < 1.29 is 15.1 Å². The molecule has 17 heavy (non-hydrogen) atoms. The molecule has 1 aromatic carbocycles. The van der Waals surface area contributed by atoms with Gasteiger partial charge in [0, 0.05) is 17.9 Å². The van der Waals surface area contributed by atoms with Crippen LogP contribution < -0.4 is 0 Å². The summed E-state index contributed by atoms with van der Waals surface area (Å²) >= 11 is 1.36. The van der Waals surface area contributed by atoms with Crippen molar-refractivity contribution in [3.05, 3.63) is 33.9 Å². The number of nitro benzene ring substituents is 1. The molecule has 2 N–H and O–H groups in total. The number of aliphatic hydroxyl groups is 2. The van der Waals surface area contributed by atoms with Crippen molar-refractivity contribution in [2.45, 2.75) is 30.1 Å². The van der Waals surface area contributed by atoms with Crippen LogP contribution in [0.25, 0.3) is 0 Å². The van der Waals surface area contributed by atoms with Crippen LogP contribution in [0, 0.1) is 10.1 Å². The van der Waals surface area contributed by atoms with Gasteiger partial charge in [-0.1, -0.05) is 13.0 Å². The summed E-state index contributed by atoms with van der Waals surface area (Å²) in [7, 11) is 0. The number of nitrogens with zero attached hydrogens (tertiary/aromatic N) is 1. The molecule has 0 aliphatic heterocycles. The highest BCUT2D eigenvalue weighted by atomic mass is 32.2. The number of nitro groups is 1. The van der Waals surface area contributed by atoms with Gasteiger partial charge in [-0.15, -0.1) is 11.8 Å². The highest BCUT2D eigenvalue weighted by Gasteiger charge is 2.17. The van der Waals surface area contributed by atoms with E-state index < -0.39 is 4.92 Å². The molecule has 1 atom stereocenters. The maximum atomic E-state index is 10.9. The molecule has 0 aromatic heterocycles. The average molecular weight is 257 g/mol. The first kappa shape index (κ1) is 14.0. The first-order chi connectivity index (χ1) is 8.08. The highest BCUT2D eigenvalue weighted by Crippen LogP contribution is 2.33. The van der Waals surface area contributed by atoms with Gasteiger partial charge < -0.3 is 10.2 Å². The third kappa shape index (κ3) is 3.99. The number of hydrogen-bond acceptors (Lipinski definition) is 5. The molecule has 94 valence electrons. The SMILES string of the molecule is CC(CCO)Sc1ccc(CO)cc1[N+](=O)[O-]. The van der Waals surface area contributed by atoms with Crippen molar-refractivity contribution in [1.82, 2.24) is 0 Å². The van der Waals surface area contributed by atoms with Crippen LogP contribution in [0.4, 0.5) is 5.69 Å². The largest absolute Gasteiger partial charge is 0.396 e. The summed E-state index contributed by atoms with van der Waals surface area (Å²) in [5, 5.41) is 28.7. The van der Waals surface area contributed by atoms with Crippen LogP contribution >= 0.6 is 11.8 Å². The van der Waals surface area contributed by atoms with E-state index in [0.29, 0.717) is 16.9 Å². The Hall–Kier alpha value is -1.11. The van der Waals surface area contributed by atoms with Gasteiger partial charge >= 0.3 is 0 Å². The van der Waals surface area contributed by atoms with Gasteiger partial charge in [0.15, 0.2) is 0 Å². The van der Waals surface area contributed by atoms with E-state index in [0.717, 1.165) is 0 Å². The molecule has 6 heteroatoms. The summed E-state index contributed by atoms with van der Waals surface area (Å²) in [6.07, 6.45) is 0.587. The highest BCUT2D eigenvalue weighted by molar-refractivity contribution is 8.00. The zero-order valence-electron chi connectivity index (χ0n) is 9.50. The average Bonchev–Trinajstić information content (AvgIpc) is 2.29. The Morgan fingerprint density at radius 3 is 2.71 bits per heavy atom. The Morgan fingerprint density at radius 2 is 2.18 bits per heavy atom. The lowest BCUT2D eigenvalue weighted by molar-refractivity contribution is -0.387. The van der Waals surface area contributed by atoms with E-state index >= 15 is 0 Å². The Kier molecular flexibility index (Phi) is 5.40. The van der Waals surface area contributed by atoms with Crippen LogP contribution in [0.1, 0.15) is 18.9 Å². The normalized spacial score (nSPS) is 12.4. The van der Waals surface area contributed by atoms with Gasteiger partial charge in [-0.05, 0) is 18.1 Å². The first-order valence-electron chi connectivity index (χ1n) is 5.24. The molecule has 0 heterocycles. The monoisotopic (exact) mass is 257 g/mol. The third-order valence-corrected chi connectivity index (χ3v) is 3.50. The lowest BCUT2D eigenvalue weighted by Crippen LogP contribution is -2.01. The second kappa shape index (κ2) is 6.58. The van der Waals surface area contributed by atoms with Crippen LogP contribution in [-0.2, 0) is 6.61 Å². The molecule has 1 unspecified atom stereocenters. The molecule has 0 aliphatic rings. The Morgan fingerprint density at radius 1 is 1.47 bits per heavy atom. The molecule has 0 saturated heterocycles. The van der Waals surface area contributed by atoms with E-state index in [1.165, 1.54) is 17.8 Å². The van der Waals surface area contributed by atoms with Crippen LogP contribution in [0.15, 0.2) is 23.1 Å². The number of hydrogen-bond donors (Lipinski definition) is 2. The van der Waals surface area contributed by atoms with Crippen LogP contribution in [-0.4, -0.2) is 27.0 Å². The van der Waals surface area contributed by atoms with E-state index in [2.05, 4.69) is 0 Å². The molecule has 0 radical (unpaired) electrons. The third-order valence-electron chi connectivity index (χ3n) is 2.27. The van der Waals surface area contributed by atoms with Gasteiger partial charge in [0.2, 0.25) is 0 Å². The van der Waals surface area contributed by atoms with E-state index in [1.807, 2.05) is 6.92 Å². The molecule has 1 rings (SSSR count). The lowest BCUT2D eigenvalue weighted by atomic mass is 10.2. The molecular weight excluding hydrogens is 242 g/mol. The van der Waals surface area contributed by atoms with E-state index in [-0.39, 0.29) is 24.2 Å². The van der Waals surface area contributed by atoms with Gasteiger partial charge in [0.1, 0.15) is 0 Å². The maximum absolute atomic E-state index is 10.9. The van der Waals surface area contributed by atoms with E-state index in [1.54, 1.807) is 12.1 Å². The minimum Gasteiger partial charge on any atom is -0.396 e. The quantitative estimate of drug-likeness (QED) is 0.462. The number of benzene rings is 1. The Balaban J connectivity index is 2.94. The zero-order chi connectivity index (χ0) is 12.8. The number of thioether (sulfide) groups is 1. The fourth-order valence-electron chi connectivity index (χ4n) is 1.36. The summed E-state index contributed by atoms with van der Waals surface area (Å²) in [5.41, 5.74) is 0.530. The molecule has 0 bridgehead atoms. The summed E-state index contributed by atoms with van der Waals surface area (Å²) in [5.74, 6) is 0. The van der Waals surface area contributed by atoms with Gasteiger partial charge in [0.25, 0.3) is 5.69 Å². The fourth-order valence-corrected chi connectivity index (χ4v) is 2.42. The topological polar surface area (TPSA) is 83.6 Å². The number of aliphatic hydroxyl groups excluding tert-OH is 2. The Labute approximate surface area is 104 Å². The number of rotatable bonds is 6. The van der Waals surface area contributed by atoms with Crippen molar-refractivity contribution in [2.24, 2.45) is 0 Å². The van der Waals surface area contributed by atoms with Gasteiger partial charge in [0.05, 0.1) is 16.4 Å². The van der Waals surface area contributed by atoms with E-state index in [4.69, 9.17) is 10.2 Å². The minimum atomic E-state index is -0.451. The zero-order valence-corrected chi connectivity index (χ0v) is 10.3. The predicted molar refractivity (Wildman–Crippen MR) is 66.0 cm³/mol. The van der Waals surface area contributed by atoms with Crippen molar-refractivity contribution in [3.63, 3.8) is 0 Å². The van der Waals surface area contributed by atoms with Crippen molar-refractivity contribution >= 4 is 17.4 Å². The molecular formula is C11H15NO4S. The van der Waals surface area contributed by atoms with Gasteiger partial charge in [-0.25, -0.2) is 0 Å². The molecule has 0 aliphatic carbocycles. The van der Waals surface area contributed by atoms with Crippen LogP contribution in [0.2, 0.25) is 0 Å². The molecule has 1 aromatic rings. The maximum Gasteiger partial charge on any atom is 0.283 e. The van der Waals surface area contributed by atoms with Crippen LogP contribution in [0.3, 0.4) is 0 Å². The summed E-state index contributed by atoms with van der Waals surface area (Å²) in [6, 6.07) is 4.69. The Bertz CT molecular complexity index is 397. The van der Waals surface area contributed by atoms with Gasteiger partial charge in [-0.2, -0.15) is 0 Å². The standard InChI is InChI=1S/C11H15NO4S/c1-8(4-5-13)17-11-3-2-9(7-14)6-10(11)12(15)16/h2-3,6,8,13-14H,4-5,7H2,1H3. The summed E-state index contributed by atoms with van der Waals surface area (Å²) < 4.78 is 0. The molecule has 0 fully saturated rings. The predicted octanol–water partition coefficient (Wildman–Crippen LogP) is 1.95. The lowest BCUT2D eigenvalue weighted by Gasteiger charge is -2.10. The van der Waals surface area contributed by atoms with Crippen molar-refractivity contribution in [2.75, 3.05) is 6.61 Å². The second-order valence-corrected chi connectivity index (χ2v) is 5.14. The fraction of sp³-hybridized carbons (Fsp3) is 0.455. The van der Waals surface area contributed by atoms with Gasteiger partial charge in [-0.3, -0.25) is 10.1 Å². The molecule has 0 amide bonds. The molecule has 5 nitrogen and oxygen atoms in total. The van der Waals surface area contributed by atoms with Crippen molar-refractivity contribution in [3.8, 4) is 0 Å². The first-order valence-corrected chi connectivity index (χ1v) is 6.12. The second-order valence-electron chi connectivity index (χ2n) is 3.66. The molecule has 0 spiro atoms. The smallest absolute Gasteiger partial charge is 0.283 e. The van der Waals surface area contributed by atoms with E-state index in [9.17, 15) is 10.1 Å². The minimum absolute atomic E-state index is 0.00587. The van der Waals surface area contributed by atoms with Crippen LogP contribution in [0.5, 0.6) is 0 Å².